The number of methoxy groups -OCH3 is 1. The zero-order valence-corrected chi connectivity index (χ0v) is 18.0. The highest BCUT2D eigenvalue weighted by molar-refractivity contribution is 7.99. The van der Waals surface area contributed by atoms with Crippen LogP contribution in [-0.4, -0.2) is 44.8 Å². The number of thiazole rings is 1. The second-order valence-corrected chi connectivity index (χ2v) is 8.12. The maximum atomic E-state index is 12.2. The summed E-state index contributed by atoms with van der Waals surface area (Å²) in [6.45, 7) is 0. The highest BCUT2D eigenvalue weighted by atomic mass is 32.2. The van der Waals surface area contributed by atoms with Crippen molar-refractivity contribution in [1.29, 1.82) is 0 Å². The van der Waals surface area contributed by atoms with Crippen molar-refractivity contribution < 1.29 is 9.53 Å². The fourth-order valence-corrected chi connectivity index (χ4v) is 4.09. The Labute approximate surface area is 185 Å². The summed E-state index contributed by atoms with van der Waals surface area (Å²) in [5.41, 5.74) is 4.43. The Morgan fingerprint density at radius 1 is 1.29 bits per heavy atom. The summed E-state index contributed by atoms with van der Waals surface area (Å²) in [6, 6.07) is 15.1. The lowest BCUT2D eigenvalue weighted by Crippen LogP contribution is -2.16. The van der Waals surface area contributed by atoms with Gasteiger partial charge >= 0.3 is 0 Å². The lowest BCUT2D eigenvalue weighted by Gasteiger charge is -2.03. The molecule has 0 atom stereocenters. The van der Waals surface area contributed by atoms with E-state index < -0.39 is 0 Å². The number of amides is 1. The fraction of sp³-hybridized carbons (Fsp3) is 0.105. The highest BCUT2D eigenvalue weighted by Gasteiger charge is 2.13. The van der Waals surface area contributed by atoms with Crippen LogP contribution in [0.25, 0.3) is 10.2 Å². The van der Waals surface area contributed by atoms with Crippen LogP contribution < -0.4 is 21.3 Å². The predicted octanol–water partition coefficient (Wildman–Crippen LogP) is 2.79. The number of ether oxygens (including phenoxy) is 1. The Morgan fingerprint density at radius 3 is 3.00 bits per heavy atom. The smallest absolute Gasteiger partial charge is 0.264 e. The van der Waals surface area contributed by atoms with Crippen LogP contribution in [-0.2, 0) is 4.79 Å². The van der Waals surface area contributed by atoms with Gasteiger partial charge in [0.25, 0.3) is 5.95 Å². The summed E-state index contributed by atoms with van der Waals surface area (Å²) in [6.07, 6.45) is 1.61. The number of benzene rings is 2. The van der Waals surface area contributed by atoms with Gasteiger partial charge in [0.1, 0.15) is 5.75 Å². The molecule has 2 aromatic heterocycles. The minimum absolute atomic E-state index is 0.109. The minimum atomic E-state index is -0.211. The van der Waals surface area contributed by atoms with Crippen LogP contribution in [0.4, 0.5) is 11.1 Å². The van der Waals surface area contributed by atoms with Gasteiger partial charge in [0.15, 0.2) is 5.13 Å². The van der Waals surface area contributed by atoms with Crippen molar-refractivity contribution in [2.45, 2.75) is 5.16 Å². The number of thioether (sulfide) groups is 1. The summed E-state index contributed by atoms with van der Waals surface area (Å²) in [5.74, 6) is 6.86. The van der Waals surface area contributed by atoms with E-state index >= 15 is 0 Å². The van der Waals surface area contributed by atoms with Gasteiger partial charge in [-0.2, -0.15) is 5.10 Å². The highest BCUT2D eigenvalue weighted by Crippen LogP contribution is 2.25. The number of carbonyl (C=O) groups is 1. The second-order valence-electron chi connectivity index (χ2n) is 6.15. The molecule has 158 valence electrons. The van der Waals surface area contributed by atoms with E-state index in [2.05, 4.69) is 31.0 Å². The third-order valence-electron chi connectivity index (χ3n) is 4.01. The second kappa shape index (κ2) is 9.45. The number of nitrogens with one attached hydrogen (secondary N) is 2. The van der Waals surface area contributed by atoms with Gasteiger partial charge in [-0.1, -0.05) is 47.4 Å². The molecule has 1 amide bonds. The molecule has 0 unspecified atom stereocenters. The number of aromatic nitrogens is 4. The average molecular weight is 455 g/mol. The normalized spacial score (nSPS) is 11.1. The molecule has 10 nitrogen and oxygen atoms in total. The first kappa shape index (κ1) is 20.6. The molecule has 0 saturated heterocycles. The van der Waals surface area contributed by atoms with Crippen molar-refractivity contribution in [3.8, 4) is 5.75 Å². The SMILES string of the molecule is COc1cccc(/C=N/Nc2nnc(SCC(=O)Nc3nc4ccccc4s3)n2N)c1. The quantitative estimate of drug-likeness (QED) is 0.160. The molecule has 0 aliphatic carbocycles. The van der Waals surface area contributed by atoms with Crippen LogP contribution in [0.1, 0.15) is 5.56 Å². The summed E-state index contributed by atoms with van der Waals surface area (Å²) in [5, 5.41) is 15.7. The number of nitrogens with two attached hydrogens (primary N) is 1. The third kappa shape index (κ3) is 5.10. The van der Waals surface area contributed by atoms with Gasteiger partial charge < -0.3 is 15.9 Å². The molecular weight excluding hydrogens is 436 g/mol. The molecule has 4 rings (SSSR count). The van der Waals surface area contributed by atoms with E-state index in [1.165, 1.54) is 16.0 Å². The standard InChI is InChI=1S/C19H18N8O2S2/c1-29-13-6-4-5-12(9-13)10-21-24-17-25-26-19(27(17)20)30-11-16(28)23-18-22-14-7-2-3-8-15(14)31-18/h2-10H,11,20H2,1H3,(H,24,25)(H,22,23,28)/b21-10+. The van der Waals surface area contributed by atoms with Crippen LogP contribution in [0.3, 0.4) is 0 Å². The molecule has 0 aliphatic rings. The average Bonchev–Trinajstić information content (AvgIpc) is 3.35. The van der Waals surface area contributed by atoms with Crippen molar-refractivity contribution in [3.05, 3.63) is 54.1 Å². The fourth-order valence-electron chi connectivity index (χ4n) is 2.55. The van der Waals surface area contributed by atoms with E-state index in [1.807, 2.05) is 48.5 Å². The maximum absolute atomic E-state index is 12.2. The zero-order chi connectivity index (χ0) is 21.6. The minimum Gasteiger partial charge on any atom is -0.497 e. The molecule has 0 saturated carbocycles. The molecule has 4 aromatic rings. The van der Waals surface area contributed by atoms with Gasteiger partial charge in [-0.15, -0.1) is 10.2 Å². The number of hydrogen-bond acceptors (Lipinski definition) is 10. The molecule has 2 aromatic carbocycles. The van der Waals surface area contributed by atoms with Crippen molar-refractivity contribution in [1.82, 2.24) is 19.9 Å². The molecule has 31 heavy (non-hydrogen) atoms. The summed E-state index contributed by atoms with van der Waals surface area (Å²) >= 11 is 2.58. The van der Waals surface area contributed by atoms with Crippen molar-refractivity contribution in [2.75, 3.05) is 29.4 Å². The first-order chi connectivity index (χ1) is 15.1. The number of carbonyl (C=O) groups excluding carboxylic acids is 1. The van der Waals surface area contributed by atoms with E-state index in [0.717, 1.165) is 33.3 Å². The van der Waals surface area contributed by atoms with E-state index in [4.69, 9.17) is 10.6 Å². The molecular formula is C19H18N8O2S2. The lowest BCUT2D eigenvalue weighted by atomic mass is 10.2. The number of nitrogens with zero attached hydrogens (tertiary/aromatic N) is 5. The predicted molar refractivity (Wildman–Crippen MR) is 123 cm³/mol. The first-order valence-electron chi connectivity index (χ1n) is 9.04. The third-order valence-corrected chi connectivity index (χ3v) is 5.90. The van der Waals surface area contributed by atoms with Crippen LogP contribution in [0.15, 0.2) is 58.8 Å². The number of hydrogen-bond donors (Lipinski definition) is 3. The van der Waals surface area contributed by atoms with Gasteiger partial charge in [-0.25, -0.2) is 15.1 Å². The van der Waals surface area contributed by atoms with Crippen molar-refractivity contribution >= 4 is 56.5 Å². The number of rotatable bonds is 8. The van der Waals surface area contributed by atoms with E-state index in [-0.39, 0.29) is 17.6 Å². The summed E-state index contributed by atoms with van der Waals surface area (Å²) in [4.78, 5) is 16.6. The van der Waals surface area contributed by atoms with E-state index in [0.29, 0.717) is 10.3 Å². The zero-order valence-electron chi connectivity index (χ0n) is 16.3. The summed E-state index contributed by atoms with van der Waals surface area (Å²) < 4.78 is 7.42. The Morgan fingerprint density at radius 2 is 2.16 bits per heavy atom. The van der Waals surface area contributed by atoms with Gasteiger partial charge in [0, 0.05) is 0 Å². The number of anilines is 2. The van der Waals surface area contributed by atoms with Crippen LogP contribution >= 0.6 is 23.1 Å². The number of fused-ring (bicyclic) bond motifs is 1. The Bertz CT molecular complexity index is 1200. The molecule has 12 heteroatoms. The van der Waals surface area contributed by atoms with Crippen molar-refractivity contribution in [2.24, 2.45) is 5.10 Å². The maximum Gasteiger partial charge on any atom is 0.264 e. The largest absolute Gasteiger partial charge is 0.497 e. The topological polar surface area (TPSA) is 132 Å². The van der Waals surface area contributed by atoms with Crippen molar-refractivity contribution in [3.63, 3.8) is 0 Å². The molecule has 4 N–H and O–H groups in total. The van der Waals surface area contributed by atoms with Crippen LogP contribution in [0.5, 0.6) is 5.75 Å². The molecule has 0 radical (unpaired) electrons. The Hall–Kier alpha value is -3.64. The molecule has 2 heterocycles. The lowest BCUT2D eigenvalue weighted by molar-refractivity contribution is -0.113. The Kier molecular flexibility index (Phi) is 6.29. The van der Waals surface area contributed by atoms with Gasteiger partial charge in [0.2, 0.25) is 11.1 Å². The number of para-hydroxylation sites is 1. The molecule has 0 aliphatic heterocycles. The molecule has 0 bridgehead atoms. The number of hydrazone groups is 1. The van der Waals surface area contributed by atoms with Crippen LogP contribution in [0, 0.1) is 0 Å². The van der Waals surface area contributed by atoms with Gasteiger partial charge in [-0.3, -0.25) is 4.79 Å². The first-order valence-corrected chi connectivity index (χ1v) is 10.8. The number of nitrogen functional groups attached to an aromatic ring is 1. The monoisotopic (exact) mass is 454 g/mol. The molecule has 0 spiro atoms. The van der Waals surface area contributed by atoms with E-state index in [9.17, 15) is 4.79 Å². The van der Waals surface area contributed by atoms with Gasteiger partial charge in [0.05, 0.1) is 29.3 Å². The van der Waals surface area contributed by atoms with Crippen LogP contribution in [0.2, 0.25) is 0 Å². The van der Waals surface area contributed by atoms with E-state index in [1.54, 1.807) is 13.3 Å². The van der Waals surface area contributed by atoms with Gasteiger partial charge in [-0.05, 0) is 29.8 Å². The summed E-state index contributed by atoms with van der Waals surface area (Å²) in [7, 11) is 1.60. The molecule has 0 fully saturated rings. The Balaban J connectivity index is 1.31.